The van der Waals surface area contributed by atoms with Crippen molar-refractivity contribution in [1.29, 1.82) is 0 Å². The van der Waals surface area contributed by atoms with Gasteiger partial charge in [-0.25, -0.2) is 0 Å². The third-order valence-electron chi connectivity index (χ3n) is 2.31. The lowest BCUT2D eigenvalue weighted by atomic mass is 10.0. The largest absolute Gasteiger partial charge is 0.324 e. The Bertz CT molecular complexity index is 525. The van der Waals surface area contributed by atoms with Crippen molar-refractivity contribution in [2.45, 2.75) is 12.5 Å². The van der Waals surface area contributed by atoms with E-state index in [-0.39, 0.29) is 6.04 Å². The lowest BCUT2D eigenvalue weighted by molar-refractivity contribution is 0.622. The summed E-state index contributed by atoms with van der Waals surface area (Å²) in [7, 11) is 1.70. The molecule has 0 bridgehead atoms. The molecule has 0 saturated carbocycles. The molecule has 0 aliphatic carbocycles. The standard InChI is InChI=1S/C10H11Cl2N5/c1-17-15-10(14-16-17)5-9(13)7-4-6(11)2-3-8(7)12/h2-4,9H,5,13H2,1H3. The van der Waals surface area contributed by atoms with Gasteiger partial charge >= 0.3 is 0 Å². The van der Waals surface area contributed by atoms with E-state index in [1.54, 1.807) is 25.2 Å². The van der Waals surface area contributed by atoms with E-state index in [9.17, 15) is 0 Å². The number of benzene rings is 1. The number of hydrogen-bond donors (Lipinski definition) is 1. The Morgan fingerprint density at radius 2 is 2.18 bits per heavy atom. The third-order valence-corrected chi connectivity index (χ3v) is 2.89. The third kappa shape index (κ3) is 2.94. The average molecular weight is 272 g/mol. The van der Waals surface area contributed by atoms with E-state index in [4.69, 9.17) is 28.9 Å². The van der Waals surface area contributed by atoms with Crippen LogP contribution in [0.5, 0.6) is 0 Å². The first kappa shape index (κ1) is 12.3. The Kier molecular flexibility index (Phi) is 3.61. The van der Waals surface area contributed by atoms with Gasteiger partial charge in [-0.2, -0.15) is 4.80 Å². The molecule has 0 aliphatic rings. The highest BCUT2D eigenvalue weighted by atomic mass is 35.5. The quantitative estimate of drug-likeness (QED) is 0.924. The minimum atomic E-state index is -0.301. The number of hydrogen-bond acceptors (Lipinski definition) is 4. The van der Waals surface area contributed by atoms with Gasteiger partial charge in [0.25, 0.3) is 0 Å². The highest BCUT2D eigenvalue weighted by molar-refractivity contribution is 6.33. The van der Waals surface area contributed by atoms with Crippen LogP contribution in [0.3, 0.4) is 0 Å². The summed E-state index contributed by atoms with van der Waals surface area (Å²) in [6.07, 6.45) is 0.466. The van der Waals surface area contributed by atoms with Crippen LogP contribution in [0.1, 0.15) is 17.4 Å². The molecule has 1 atom stereocenters. The van der Waals surface area contributed by atoms with Gasteiger partial charge in [-0.1, -0.05) is 23.2 Å². The van der Waals surface area contributed by atoms with Gasteiger partial charge in [0.15, 0.2) is 5.82 Å². The summed E-state index contributed by atoms with van der Waals surface area (Å²) in [5.41, 5.74) is 6.83. The molecule has 0 radical (unpaired) electrons. The fourth-order valence-electron chi connectivity index (χ4n) is 1.51. The lowest BCUT2D eigenvalue weighted by Gasteiger charge is -2.11. The molecule has 5 nitrogen and oxygen atoms in total. The molecule has 1 heterocycles. The molecule has 0 aliphatic heterocycles. The smallest absolute Gasteiger partial charge is 0.176 e. The van der Waals surface area contributed by atoms with Gasteiger partial charge in [-0.05, 0) is 29.0 Å². The number of aryl methyl sites for hydroxylation is 1. The van der Waals surface area contributed by atoms with Crippen LogP contribution in [0.2, 0.25) is 10.0 Å². The maximum atomic E-state index is 6.06. The molecule has 17 heavy (non-hydrogen) atoms. The fraction of sp³-hybridized carbons (Fsp3) is 0.300. The van der Waals surface area contributed by atoms with E-state index in [0.29, 0.717) is 22.3 Å². The predicted molar refractivity (Wildman–Crippen MR) is 65.9 cm³/mol. The maximum absolute atomic E-state index is 6.06. The van der Waals surface area contributed by atoms with E-state index in [1.165, 1.54) is 4.80 Å². The minimum Gasteiger partial charge on any atom is -0.324 e. The molecule has 2 N–H and O–H groups in total. The normalized spacial score (nSPS) is 12.7. The van der Waals surface area contributed by atoms with Gasteiger partial charge in [0.1, 0.15) is 0 Å². The lowest BCUT2D eigenvalue weighted by Crippen LogP contribution is -2.15. The second-order valence-corrected chi connectivity index (χ2v) is 4.52. The fourth-order valence-corrected chi connectivity index (χ4v) is 1.95. The summed E-state index contributed by atoms with van der Waals surface area (Å²) >= 11 is 12.0. The van der Waals surface area contributed by atoms with Crippen LogP contribution in [-0.2, 0) is 13.5 Å². The van der Waals surface area contributed by atoms with Crippen LogP contribution in [-0.4, -0.2) is 20.2 Å². The van der Waals surface area contributed by atoms with Gasteiger partial charge < -0.3 is 5.73 Å². The molecule has 0 saturated heterocycles. The summed E-state index contributed by atoms with van der Waals surface area (Å²) in [4.78, 5) is 1.39. The van der Waals surface area contributed by atoms with Crippen LogP contribution >= 0.6 is 23.2 Å². The van der Waals surface area contributed by atoms with Crippen LogP contribution in [0, 0.1) is 0 Å². The Morgan fingerprint density at radius 3 is 2.82 bits per heavy atom. The van der Waals surface area contributed by atoms with Crippen LogP contribution in [0.4, 0.5) is 0 Å². The second kappa shape index (κ2) is 5.00. The average Bonchev–Trinajstić information content (AvgIpc) is 2.67. The zero-order valence-electron chi connectivity index (χ0n) is 9.14. The summed E-state index contributed by atoms with van der Waals surface area (Å²) in [6.45, 7) is 0. The van der Waals surface area contributed by atoms with E-state index in [0.717, 1.165) is 5.56 Å². The summed E-state index contributed by atoms with van der Waals surface area (Å²) in [5, 5.41) is 12.9. The van der Waals surface area contributed by atoms with E-state index < -0.39 is 0 Å². The van der Waals surface area contributed by atoms with Crippen molar-refractivity contribution in [2.24, 2.45) is 12.8 Å². The van der Waals surface area contributed by atoms with Crippen molar-refractivity contribution in [3.8, 4) is 0 Å². The number of tetrazole rings is 1. The molecule has 0 amide bonds. The van der Waals surface area contributed by atoms with Crippen LogP contribution in [0.25, 0.3) is 0 Å². The maximum Gasteiger partial charge on any atom is 0.176 e. The van der Waals surface area contributed by atoms with Crippen molar-refractivity contribution in [2.75, 3.05) is 0 Å². The number of rotatable bonds is 3. The van der Waals surface area contributed by atoms with Gasteiger partial charge in [-0.15, -0.1) is 10.2 Å². The summed E-state index contributed by atoms with van der Waals surface area (Å²) in [5.74, 6) is 0.580. The van der Waals surface area contributed by atoms with Gasteiger partial charge in [0.2, 0.25) is 0 Å². The molecule has 1 aromatic heterocycles. The van der Waals surface area contributed by atoms with Gasteiger partial charge in [0, 0.05) is 22.5 Å². The zero-order valence-corrected chi connectivity index (χ0v) is 10.7. The first-order chi connectivity index (χ1) is 8.06. The minimum absolute atomic E-state index is 0.301. The van der Waals surface area contributed by atoms with E-state index in [2.05, 4.69) is 15.4 Å². The highest BCUT2D eigenvalue weighted by Crippen LogP contribution is 2.26. The van der Waals surface area contributed by atoms with E-state index in [1.807, 2.05) is 0 Å². The molecule has 1 unspecified atom stereocenters. The predicted octanol–water partition coefficient (Wildman–Crippen LogP) is 1.76. The van der Waals surface area contributed by atoms with Gasteiger partial charge in [-0.3, -0.25) is 0 Å². The topological polar surface area (TPSA) is 69.6 Å². The van der Waals surface area contributed by atoms with Crippen molar-refractivity contribution in [3.63, 3.8) is 0 Å². The van der Waals surface area contributed by atoms with Crippen molar-refractivity contribution in [3.05, 3.63) is 39.6 Å². The second-order valence-electron chi connectivity index (χ2n) is 3.67. The number of aromatic nitrogens is 4. The van der Waals surface area contributed by atoms with Gasteiger partial charge in [0.05, 0.1) is 7.05 Å². The molecule has 2 aromatic rings. The molecule has 90 valence electrons. The first-order valence-electron chi connectivity index (χ1n) is 4.99. The monoisotopic (exact) mass is 271 g/mol. The Balaban J connectivity index is 2.19. The van der Waals surface area contributed by atoms with Crippen molar-refractivity contribution < 1.29 is 0 Å². The molecular weight excluding hydrogens is 261 g/mol. The van der Waals surface area contributed by atoms with Crippen molar-refractivity contribution >= 4 is 23.2 Å². The van der Waals surface area contributed by atoms with Crippen LogP contribution < -0.4 is 5.73 Å². The van der Waals surface area contributed by atoms with E-state index >= 15 is 0 Å². The summed E-state index contributed by atoms with van der Waals surface area (Å²) in [6, 6.07) is 4.90. The first-order valence-corrected chi connectivity index (χ1v) is 5.75. The zero-order chi connectivity index (χ0) is 12.4. The Morgan fingerprint density at radius 1 is 1.41 bits per heavy atom. The number of nitrogens with two attached hydrogens (primary N) is 1. The van der Waals surface area contributed by atoms with Crippen molar-refractivity contribution in [1.82, 2.24) is 20.2 Å². The molecule has 0 fully saturated rings. The SMILES string of the molecule is Cn1nnc(CC(N)c2cc(Cl)ccc2Cl)n1. The molecule has 0 spiro atoms. The molecule has 1 aromatic carbocycles. The Labute approximate surface area is 109 Å². The number of nitrogens with zero attached hydrogens (tertiary/aromatic N) is 4. The molecular formula is C10H11Cl2N5. The molecule has 7 heteroatoms. The Hall–Kier alpha value is -1.17. The van der Waals surface area contributed by atoms with Crippen LogP contribution in [0.15, 0.2) is 18.2 Å². The number of halogens is 2. The summed E-state index contributed by atoms with van der Waals surface area (Å²) < 4.78 is 0. The molecule has 2 rings (SSSR count). The highest BCUT2D eigenvalue weighted by Gasteiger charge is 2.14.